The number of nitrogens with zero attached hydrogens (tertiary/aromatic N) is 1. The third kappa shape index (κ3) is 3.08. The van der Waals surface area contributed by atoms with Gasteiger partial charge in [-0.1, -0.05) is 43.6 Å². The number of hydrogen-bond donors (Lipinski definition) is 0. The molecular formula is C14H16ClNS2. The van der Waals surface area contributed by atoms with Crippen molar-refractivity contribution in [1.82, 2.24) is 4.98 Å². The topological polar surface area (TPSA) is 12.9 Å². The van der Waals surface area contributed by atoms with E-state index >= 15 is 0 Å². The molecule has 0 spiro atoms. The Labute approximate surface area is 122 Å². The van der Waals surface area contributed by atoms with Crippen molar-refractivity contribution in [1.29, 1.82) is 0 Å². The Morgan fingerprint density at radius 2 is 1.94 bits per heavy atom. The second-order valence-corrected chi connectivity index (χ2v) is 7.33. The van der Waals surface area contributed by atoms with Crippen molar-refractivity contribution in [3.8, 4) is 0 Å². The van der Waals surface area contributed by atoms with Gasteiger partial charge in [-0.2, -0.15) is 0 Å². The molecule has 1 aromatic heterocycles. The van der Waals surface area contributed by atoms with Crippen LogP contribution < -0.4 is 0 Å². The van der Waals surface area contributed by atoms with Crippen LogP contribution in [0.4, 0.5) is 0 Å². The molecule has 4 heteroatoms. The SMILES string of the molecule is CC(C)c1ncsc1SC(C)c1ccccc1Cl. The van der Waals surface area contributed by atoms with Gasteiger partial charge >= 0.3 is 0 Å². The van der Waals surface area contributed by atoms with Crippen molar-refractivity contribution in [2.24, 2.45) is 0 Å². The first kappa shape index (κ1) is 13.9. The minimum absolute atomic E-state index is 0.344. The lowest BCUT2D eigenvalue weighted by molar-refractivity contribution is 0.812. The number of thiazole rings is 1. The van der Waals surface area contributed by atoms with Crippen molar-refractivity contribution >= 4 is 34.7 Å². The predicted molar refractivity (Wildman–Crippen MR) is 81.9 cm³/mol. The minimum Gasteiger partial charge on any atom is -0.248 e. The van der Waals surface area contributed by atoms with Gasteiger partial charge in [-0.3, -0.25) is 0 Å². The smallest absolute Gasteiger partial charge is 0.0838 e. The molecule has 0 amide bonds. The standard InChI is InChI=1S/C14H16ClNS2/c1-9(2)13-14(17-8-16-13)18-10(3)11-6-4-5-7-12(11)15/h4-10H,1-3H3. The first-order valence-electron chi connectivity index (χ1n) is 5.94. The van der Waals surface area contributed by atoms with E-state index in [4.69, 9.17) is 11.6 Å². The molecule has 0 aliphatic rings. The molecule has 0 radical (unpaired) electrons. The highest BCUT2D eigenvalue weighted by molar-refractivity contribution is 8.01. The largest absolute Gasteiger partial charge is 0.248 e. The molecule has 2 aromatic rings. The Morgan fingerprint density at radius 3 is 2.61 bits per heavy atom. The second kappa shape index (κ2) is 6.09. The van der Waals surface area contributed by atoms with Gasteiger partial charge in [-0.25, -0.2) is 4.98 Å². The predicted octanol–water partition coefficient (Wildman–Crippen LogP) is 5.77. The molecule has 0 aliphatic carbocycles. The van der Waals surface area contributed by atoms with E-state index in [9.17, 15) is 0 Å². The Balaban J connectivity index is 2.19. The van der Waals surface area contributed by atoms with E-state index in [-0.39, 0.29) is 0 Å². The van der Waals surface area contributed by atoms with E-state index in [1.807, 2.05) is 35.5 Å². The maximum Gasteiger partial charge on any atom is 0.0838 e. The first-order chi connectivity index (χ1) is 8.59. The average molecular weight is 298 g/mol. The molecule has 0 aliphatic heterocycles. The van der Waals surface area contributed by atoms with Crippen LogP contribution in [0.1, 0.15) is 43.2 Å². The summed E-state index contributed by atoms with van der Waals surface area (Å²) in [6.45, 7) is 6.55. The Hall–Kier alpha value is -0.510. The summed E-state index contributed by atoms with van der Waals surface area (Å²) in [7, 11) is 0. The van der Waals surface area contributed by atoms with Crippen molar-refractivity contribution in [3.05, 3.63) is 46.1 Å². The van der Waals surface area contributed by atoms with Crippen LogP contribution in [-0.4, -0.2) is 4.98 Å². The van der Waals surface area contributed by atoms with E-state index in [0.29, 0.717) is 11.2 Å². The van der Waals surface area contributed by atoms with Gasteiger partial charge < -0.3 is 0 Å². The quantitative estimate of drug-likeness (QED) is 0.664. The van der Waals surface area contributed by atoms with Crippen molar-refractivity contribution in [2.75, 3.05) is 0 Å². The van der Waals surface area contributed by atoms with Crippen LogP contribution in [0.3, 0.4) is 0 Å². The fraction of sp³-hybridized carbons (Fsp3) is 0.357. The maximum absolute atomic E-state index is 6.24. The number of rotatable bonds is 4. The molecule has 2 rings (SSSR count). The summed E-state index contributed by atoms with van der Waals surface area (Å²) < 4.78 is 1.30. The first-order valence-corrected chi connectivity index (χ1v) is 8.07. The van der Waals surface area contributed by atoms with Crippen molar-refractivity contribution in [2.45, 2.75) is 36.1 Å². The van der Waals surface area contributed by atoms with E-state index in [1.54, 1.807) is 11.3 Å². The average Bonchev–Trinajstić information content (AvgIpc) is 2.77. The fourth-order valence-electron chi connectivity index (χ4n) is 1.75. The van der Waals surface area contributed by atoms with Crippen LogP contribution >= 0.6 is 34.7 Å². The Morgan fingerprint density at radius 1 is 1.22 bits per heavy atom. The van der Waals surface area contributed by atoms with Crippen LogP contribution in [0.15, 0.2) is 34.0 Å². The Bertz CT molecular complexity index is 522. The molecule has 0 bridgehead atoms. The molecule has 1 nitrogen and oxygen atoms in total. The van der Waals surface area contributed by atoms with Crippen molar-refractivity contribution in [3.63, 3.8) is 0 Å². The summed E-state index contributed by atoms with van der Waals surface area (Å²) in [6, 6.07) is 8.05. The van der Waals surface area contributed by atoms with Crippen LogP contribution in [0.25, 0.3) is 0 Å². The third-order valence-electron chi connectivity index (χ3n) is 2.73. The molecule has 0 saturated carbocycles. The summed E-state index contributed by atoms with van der Waals surface area (Å²) in [5, 5.41) is 1.18. The zero-order valence-corrected chi connectivity index (χ0v) is 13.1. The molecule has 1 unspecified atom stereocenters. The van der Waals surface area contributed by atoms with E-state index < -0.39 is 0 Å². The molecule has 1 aromatic carbocycles. The molecule has 18 heavy (non-hydrogen) atoms. The number of benzene rings is 1. The summed E-state index contributed by atoms with van der Waals surface area (Å²) >= 11 is 9.80. The number of thioether (sulfide) groups is 1. The molecule has 0 saturated heterocycles. The van der Waals surface area contributed by atoms with Gasteiger partial charge in [0.1, 0.15) is 0 Å². The normalized spacial score (nSPS) is 12.9. The molecule has 0 fully saturated rings. The molecule has 0 N–H and O–H groups in total. The lowest BCUT2D eigenvalue weighted by atomic mass is 10.2. The molecular weight excluding hydrogens is 282 g/mol. The second-order valence-electron chi connectivity index (χ2n) is 4.46. The highest BCUT2D eigenvalue weighted by Crippen LogP contribution is 2.42. The van der Waals surface area contributed by atoms with Gasteiger partial charge in [-0.05, 0) is 24.5 Å². The van der Waals surface area contributed by atoms with Crippen molar-refractivity contribution < 1.29 is 0 Å². The Kier molecular flexibility index (Phi) is 4.71. The van der Waals surface area contributed by atoms with Gasteiger partial charge in [0.25, 0.3) is 0 Å². The van der Waals surface area contributed by atoms with Gasteiger partial charge in [0.2, 0.25) is 0 Å². The van der Waals surface area contributed by atoms with Gasteiger partial charge in [0, 0.05) is 10.3 Å². The molecule has 96 valence electrons. The van der Waals surface area contributed by atoms with E-state index in [2.05, 4.69) is 31.8 Å². The van der Waals surface area contributed by atoms with Crippen LogP contribution in [0.2, 0.25) is 5.02 Å². The summed E-state index contributed by atoms with van der Waals surface area (Å²) in [5.41, 5.74) is 4.31. The molecule has 1 atom stereocenters. The monoisotopic (exact) mass is 297 g/mol. The van der Waals surface area contributed by atoms with E-state index in [0.717, 1.165) is 5.02 Å². The molecule has 1 heterocycles. The van der Waals surface area contributed by atoms with Gasteiger partial charge in [0.15, 0.2) is 0 Å². The summed E-state index contributed by atoms with van der Waals surface area (Å²) in [6.07, 6.45) is 0. The zero-order chi connectivity index (χ0) is 13.1. The highest BCUT2D eigenvalue weighted by atomic mass is 35.5. The van der Waals surface area contributed by atoms with Gasteiger partial charge in [0.05, 0.1) is 15.4 Å². The fourth-order valence-corrected chi connectivity index (χ4v) is 4.63. The zero-order valence-electron chi connectivity index (χ0n) is 10.7. The van der Waals surface area contributed by atoms with Crippen LogP contribution in [0.5, 0.6) is 0 Å². The van der Waals surface area contributed by atoms with Crippen LogP contribution in [-0.2, 0) is 0 Å². The lowest BCUT2D eigenvalue weighted by Gasteiger charge is -2.13. The van der Waals surface area contributed by atoms with Crippen LogP contribution in [0, 0.1) is 0 Å². The number of halogens is 1. The lowest BCUT2D eigenvalue weighted by Crippen LogP contribution is -1.92. The highest BCUT2D eigenvalue weighted by Gasteiger charge is 2.16. The van der Waals surface area contributed by atoms with E-state index in [1.165, 1.54) is 15.5 Å². The van der Waals surface area contributed by atoms with Gasteiger partial charge in [-0.15, -0.1) is 23.1 Å². The third-order valence-corrected chi connectivity index (χ3v) is 5.32. The number of hydrogen-bond acceptors (Lipinski definition) is 3. The number of aromatic nitrogens is 1. The maximum atomic E-state index is 6.24. The summed E-state index contributed by atoms with van der Waals surface area (Å²) in [4.78, 5) is 4.45. The minimum atomic E-state index is 0.344. The summed E-state index contributed by atoms with van der Waals surface area (Å²) in [5.74, 6) is 0.470.